The highest BCUT2D eigenvalue weighted by atomic mass is 32.2. The van der Waals surface area contributed by atoms with Crippen LogP contribution in [0.5, 0.6) is 0 Å². The zero-order valence-electron chi connectivity index (χ0n) is 16.7. The van der Waals surface area contributed by atoms with Gasteiger partial charge in [0, 0.05) is 16.9 Å². The summed E-state index contributed by atoms with van der Waals surface area (Å²) < 4.78 is 6.84. The molecule has 156 valence electrons. The highest BCUT2D eigenvalue weighted by Crippen LogP contribution is 2.27. The number of nitrogens with two attached hydrogens (primary N) is 1. The molecule has 3 rings (SSSR count). The Kier molecular flexibility index (Phi) is 7.19. The number of para-hydroxylation sites is 1. The molecule has 0 aliphatic rings. The number of Topliss-reactive ketones (excluding diaryl/α,β-unsaturated/α-hetero) is 1. The number of ether oxygens (including phenoxy) is 1. The predicted molar refractivity (Wildman–Crippen MR) is 116 cm³/mol. The number of allylic oxidation sites excluding steroid dienone is 1. The van der Waals surface area contributed by atoms with E-state index in [0.717, 1.165) is 23.0 Å². The van der Waals surface area contributed by atoms with E-state index in [1.807, 2.05) is 65.2 Å². The molecule has 0 saturated carbocycles. The molecule has 0 bridgehead atoms. The van der Waals surface area contributed by atoms with Crippen molar-refractivity contribution >= 4 is 23.5 Å². The van der Waals surface area contributed by atoms with Crippen molar-refractivity contribution in [2.24, 2.45) is 5.73 Å². The lowest BCUT2D eigenvalue weighted by molar-refractivity contribution is -0.144. The van der Waals surface area contributed by atoms with Gasteiger partial charge in [-0.2, -0.15) is 5.26 Å². The van der Waals surface area contributed by atoms with Crippen molar-refractivity contribution in [1.82, 2.24) is 14.8 Å². The fourth-order valence-corrected chi connectivity index (χ4v) is 3.45. The molecule has 1 heterocycles. The molecule has 0 amide bonds. The Bertz CT molecular complexity index is 1150. The molecule has 0 spiro atoms. The van der Waals surface area contributed by atoms with Crippen molar-refractivity contribution in [3.05, 3.63) is 71.9 Å². The van der Waals surface area contributed by atoms with Crippen LogP contribution in [0.2, 0.25) is 0 Å². The molecule has 9 heteroatoms. The van der Waals surface area contributed by atoms with Crippen LogP contribution in [0.15, 0.2) is 77.1 Å². The SMILES string of the molecule is C/C(N)=C(/C#N)C(=O)COC(=O)CSc1nnc(-c2ccccc2)n1-c1ccccc1. The maximum atomic E-state index is 12.1. The number of esters is 1. The van der Waals surface area contributed by atoms with Gasteiger partial charge in [0.15, 0.2) is 17.6 Å². The van der Waals surface area contributed by atoms with Gasteiger partial charge in [0.1, 0.15) is 11.6 Å². The molecule has 0 aliphatic carbocycles. The summed E-state index contributed by atoms with van der Waals surface area (Å²) >= 11 is 1.14. The number of thioether (sulfide) groups is 1. The summed E-state index contributed by atoms with van der Waals surface area (Å²) in [6.07, 6.45) is 0. The molecule has 0 radical (unpaired) electrons. The fourth-order valence-electron chi connectivity index (χ4n) is 2.70. The first kappa shape index (κ1) is 21.8. The highest BCUT2D eigenvalue weighted by molar-refractivity contribution is 7.99. The third kappa shape index (κ3) is 5.38. The third-order valence-electron chi connectivity index (χ3n) is 4.15. The molecule has 1 aromatic heterocycles. The zero-order valence-corrected chi connectivity index (χ0v) is 17.5. The number of carbonyl (C=O) groups excluding carboxylic acids is 2. The number of rotatable bonds is 8. The summed E-state index contributed by atoms with van der Waals surface area (Å²) in [4.78, 5) is 24.1. The van der Waals surface area contributed by atoms with Crippen molar-refractivity contribution < 1.29 is 14.3 Å². The minimum absolute atomic E-state index is 0.0831. The molecule has 0 fully saturated rings. The molecule has 0 aliphatic heterocycles. The van der Waals surface area contributed by atoms with Gasteiger partial charge in [-0.25, -0.2) is 0 Å². The quantitative estimate of drug-likeness (QED) is 0.249. The topological polar surface area (TPSA) is 124 Å². The van der Waals surface area contributed by atoms with Crippen LogP contribution in [-0.2, 0) is 14.3 Å². The van der Waals surface area contributed by atoms with Crippen molar-refractivity contribution in [1.29, 1.82) is 5.26 Å². The van der Waals surface area contributed by atoms with Crippen LogP contribution in [-0.4, -0.2) is 38.9 Å². The van der Waals surface area contributed by atoms with Gasteiger partial charge in [-0.3, -0.25) is 14.2 Å². The van der Waals surface area contributed by atoms with Gasteiger partial charge in [0.25, 0.3) is 0 Å². The average Bonchev–Trinajstić information content (AvgIpc) is 3.21. The molecular formula is C22H19N5O3S. The lowest BCUT2D eigenvalue weighted by atomic mass is 10.1. The van der Waals surface area contributed by atoms with Crippen molar-refractivity contribution in [3.8, 4) is 23.1 Å². The maximum Gasteiger partial charge on any atom is 0.316 e. The van der Waals surface area contributed by atoms with E-state index >= 15 is 0 Å². The third-order valence-corrected chi connectivity index (χ3v) is 5.05. The Labute approximate surface area is 183 Å². The van der Waals surface area contributed by atoms with Gasteiger partial charge >= 0.3 is 5.97 Å². The number of aromatic nitrogens is 3. The summed E-state index contributed by atoms with van der Waals surface area (Å²) in [5.74, 6) is -0.700. The molecule has 3 aromatic rings. The van der Waals surface area contributed by atoms with Gasteiger partial charge in [0.05, 0.1) is 5.75 Å². The number of carbonyl (C=O) groups is 2. The second-order valence-electron chi connectivity index (χ2n) is 6.39. The van der Waals surface area contributed by atoms with E-state index in [2.05, 4.69) is 10.2 Å². The normalized spacial score (nSPS) is 11.4. The second-order valence-corrected chi connectivity index (χ2v) is 7.33. The lowest BCUT2D eigenvalue weighted by Gasteiger charge is -2.10. The summed E-state index contributed by atoms with van der Waals surface area (Å²) in [6.45, 7) is 0.895. The first-order chi connectivity index (χ1) is 15.0. The van der Waals surface area contributed by atoms with Gasteiger partial charge in [-0.1, -0.05) is 60.3 Å². The number of nitriles is 1. The van der Waals surface area contributed by atoms with Crippen molar-refractivity contribution in [2.45, 2.75) is 12.1 Å². The Hall–Kier alpha value is -3.90. The average molecular weight is 433 g/mol. The Balaban J connectivity index is 1.74. The number of ketones is 1. The summed E-state index contributed by atoms with van der Waals surface area (Å²) in [6, 6.07) is 20.9. The first-order valence-corrected chi connectivity index (χ1v) is 10.2. The van der Waals surface area contributed by atoms with Crippen LogP contribution < -0.4 is 5.73 Å². The standard InChI is InChI=1S/C22H19N5O3S/c1-15(24)18(12-23)19(28)13-30-20(29)14-31-22-26-25-21(16-8-4-2-5-9-16)27(22)17-10-6-3-7-11-17/h2-11H,13-14,24H2,1H3/b18-15+. The second kappa shape index (κ2) is 10.2. The molecule has 2 N–H and O–H groups in total. The van der Waals surface area contributed by atoms with Crippen LogP contribution >= 0.6 is 11.8 Å². The molecule has 31 heavy (non-hydrogen) atoms. The van der Waals surface area contributed by atoms with Crippen LogP contribution in [0.4, 0.5) is 0 Å². The summed E-state index contributed by atoms with van der Waals surface area (Å²) in [7, 11) is 0. The molecule has 0 unspecified atom stereocenters. The van der Waals surface area contributed by atoms with E-state index in [0.29, 0.717) is 11.0 Å². The summed E-state index contributed by atoms with van der Waals surface area (Å²) in [5.41, 5.74) is 7.09. The minimum atomic E-state index is -0.639. The van der Waals surface area contributed by atoms with E-state index in [1.54, 1.807) is 6.07 Å². The Morgan fingerprint density at radius 3 is 2.35 bits per heavy atom. The number of benzene rings is 2. The molecule has 0 atom stereocenters. The minimum Gasteiger partial charge on any atom is -0.457 e. The van der Waals surface area contributed by atoms with E-state index in [-0.39, 0.29) is 17.0 Å². The number of hydrogen-bond donors (Lipinski definition) is 1. The Morgan fingerprint density at radius 2 is 1.74 bits per heavy atom. The van der Waals surface area contributed by atoms with Crippen LogP contribution in [0, 0.1) is 11.3 Å². The number of nitrogens with zero attached hydrogens (tertiary/aromatic N) is 4. The smallest absolute Gasteiger partial charge is 0.316 e. The molecule has 2 aromatic carbocycles. The highest BCUT2D eigenvalue weighted by Gasteiger charge is 2.19. The van der Waals surface area contributed by atoms with Crippen LogP contribution in [0.3, 0.4) is 0 Å². The van der Waals surface area contributed by atoms with Gasteiger partial charge < -0.3 is 10.5 Å². The summed E-state index contributed by atoms with van der Waals surface area (Å²) in [5, 5.41) is 18.0. The predicted octanol–water partition coefficient (Wildman–Crippen LogP) is 2.89. The fraction of sp³-hybridized carbons (Fsp3) is 0.136. The van der Waals surface area contributed by atoms with E-state index in [1.165, 1.54) is 6.92 Å². The van der Waals surface area contributed by atoms with Crippen molar-refractivity contribution in [3.63, 3.8) is 0 Å². The van der Waals surface area contributed by atoms with Gasteiger partial charge in [-0.15, -0.1) is 10.2 Å². The first-order valence-electron chi connectivity index (χ1n) is 9.25. The van der Waals surface area contributed by atoms with E-state index < -0.39 is 18.4 Å². The molecular weight excluding hydrogens is 414 g/mol. The molecule has 8 nitrogen and oxygen atoms in total. The van der Waals surface area contributed by atoms with Crippen molar-refractivity contribution in [2.75, 3.05) is 12.4 Å². The zero-order chi connectivity index (χ0) is 22.2. The molecule has 0 saturated heterocycles. The van der Waals surface area contributed by atoms with Crippen LogP contribution in [0.25, 0.3) is 17.1 Å². The largest absolute Gasteiger partial charge is 0.457 e. The van der Waals surface area contributed by atoms with Gasteiger partial charge in [0.2, 0.25) is 5.78 Å². The van der Waals surface area contributed by atoms with E-state index in [9.17, 15) is 9.59 Å². The maximum absolute atomic E-state index is 12.1. The monoisotopic (exact) mass is 433 g/mol. The Morgan fingerprint density at radius 1 is 1.10 bits per heavy atom. The lowest BCUT2D eigenvalue weighted by Crippen LogP contribution is -2.18. The number of hydrogen-bond acceptors (Lipinski definition) is 8. The van der Waals surface area contributed by atoms with Crippen LogP contribution in [0.1, 0.15) is 6.92 Å². The van der Waals surface area contributed by atoms with Gasteiger partial charge in [-0.05, 0) is 19.1 Å². The van der Waals surface area contributed by atoms with E-state index in [4.69, 9.17) is 15.7 Å².